The van der Waals surface area contributed by atoms with Gasteiger partial charge in [0.05, 0.1) is 40.4 Å². The zero-order valence-electron chi connectivity index (χ0n) is 41.2. The number of aliphatic hydroxyl groups is 2. The molecule has 13 nitrogen and oxygen atoms in total. The quantitative estimate of drug-likeness (QED) is 0.106. The van der Waals surface area contributed by atoms with Crippen LogP contribution in [0.1, 0.15) is 102 Å². The van der Waals surface area contributed by atoms with Crippen LogP contribution in [0.2, 0.25) is 0 Å². The third kappa shape index (κ3) is 11.3. The van der Waals surface area contributed by atoms with Crippen LogP contribution >= 0.6 is 27.3 Å². The van der Waals surface area contributed by atoms with Crippen molar-refractivity contribution in [2.24, 2.45) is 11.8 Å². The summed E-state index contributed by atoms with van der Waals surface area (Å²) >= 11 is 5.00. The molecule has 0 saturated carbocycles. The molecule has 378 valence electrons. The van der Waals surface area contributed by atoms with Gasteiger partial charge in [-0.1, -0.05) is 98.2 Å². The number of carbonyl (C=O) groups excluding carboxylic acids is 6. The van der Waals surface area contributed by atoms with Gasteiger partial charge in [-0.05, 0) is 95.8 Å². The van der Waals surface area contributed by atoms with E-state index in [1.54, 1.807) is 22.3 Å². The van der Waals surface area contributed by atoms with Crippen LogP contribution in [0.3, 0.4) is 0 Å². The van der Waals surface area contributed by atoms with E-state index in [2.05, 4.69) is 20.9 Å². The minimum Gasteiger partial charge on any atom is -0.391 e. The van der Waals surface area contributed by atoms with E-state index >= 15 is 0 Å². The number of nitrogens with zero attached hydrogens (tertiary/aromatic N) is 5. The summed E-state index contributed by atoms with van der Waals surface area (Å²) in [6.07, 6.45) is 0.502. The number of ketones is 2. The van der Waals surface area contributed by atoms with Gasteiger partial charge in [0.15, 0.2) is 11.6 Å². The second kappa shape index (κ2) is 22.4. The summed E-state index contributed by atoms with van der Waals surface area (Å²) in [4.78, 5) is 91.7. The SMILES string of the molecule is CC(C)[C@@H](C(=O)N1C[C@H](O)C[C@H]1C(=O)CCc1ccc(Br)cc1)N1Cc2ccccc2C1=O.Cc1ncsc1-c1ccc(CCC(=O)[C@@H]2C[C@@H](O)CN2C(=O)[C@H](C(C)C)N2Cc3cc(F)ccc3C2=O)cc1. The molecule has 1 aromatic heterocycles. The number of amides is 4. The topological polar surface area (TPSA) is 169 Å². The summed E-state index contributed by atoms with van der Waals surface area (Å²) in [7, 11) is 0. The molecule has 4 aliphatic heterocycles. The molecule has 6 atom stereocenters. The molecule has 4 aromatic carbocycles. The minimum atomic E-state index is -0.823. The average molecular weight is 1060 g/mol. The van der Waals surface area contributed by atoms with E-state index in [9.17, 15) is 43.4 Å². The number of carbonyl (C=O) groups is 6. The van der Waals surface area contributed by atoms with Gasteiger partial charge in [0.2, 0.25) is 11.8 Å². The lowest BCUT2D eigenvalue weighted by Crippen LogP contribution is -2.54. The van der Waals surface area contributed by atoms with Gasteiger partial charge in [0.25, 0.3) is 11.8 Å². The minimum absolute atomic E-state index is 0.0466. The molecule has 0 aliphatic carbocycles. The van der Waals surface area contributed by atoms with Gasteiger partial charge >= 0.3 is 0 Å². The molecule has 5 aromatic rings. The summed E-state index contributed by atoms with van der Waals surface area (Å²) in [5.41, 5.74) is 8.42. The van der Waals surface area contributed by atoms with Crippen LogP contribution in [0.25, 0.3) is 10.4 Å². The van der Waals surface area contributed by atoms with E-state index in [1.807, 2.05) is 107 Å². The number of rotatable bonds is 15. The van der Waals surface area contributed by atoms with Crippen molar-refractivity contribution in [3.05, 3.63) is 146 Å². The Hall–Kier alpha value is -5.94. The first-order chi connectivity index (χ1) is 34.4. The fourth-order valence-electron chi connectivity index (χ4n) is 10.6. The molecule has 4 aliphatic rings. The Morgan fingerprint density at radius 2 is 1.18 bits per heavy atom. The second-order valence-electron chi connectivity index (χ2n) is 20.0. The Morgan fingerprint density at radius 1 is 0.694 bits per heavy atom. The third-order valence-corrected chi connectivity index (χ3v) is 15.8. The average Bonchev–Trinajstić information content (AvgIpc) is 4.19. The Morgan fingerprint density at radius 3 is 1.67 bits per heavy atom. The normalized spacial score (nSPS) is 20.2. The predicted octanol–water partition coefficient (Wildman–Crippen LogP) is 7.99. The monoisotopic (exact) mass is 1060 g/mol. The lowest BCUT2D eigenvalue weighted by atomic mass is 9.98. The van der Waals surface area contributed by atoms with E-state index in [4.69, 9.17) is 0 Å². The smallest absolute Gasteiger partial charge is 0.255 e. The van der Waals surface area contributed by atoms with Crippen molar-refractivity contribution in [1.29, 1.82) is 0 Å². The van der Waals surface area contributed by atoms with Crippen LogP contribution in [0.5, 0.6) is 0 Å². The van der Waals surface area contributed by atoms with Gasteiger partial charge in [-0.25, -0.2) is 9.37 Å². The first-order valence-electron chi connectivity index (χ1n) is 24.6. The van der Waals surface area contributed by atoms with E-state index in [-0.39, 0.29) is 85.9 Å². The fourth-order valence-corrected chi connectivity index (χ4v) is 11.7. The third-order valence-electron chi connectivity index (χ3n) is 14.3. The number of likely N-dealkylation sites (tertiary alicyclic amines) is 2. The number of aryl methyl sites for hydroxylation is 3. The lowest BCUT2D eigenvalue weighted by Gasteiger charge is -2.35. The zero-order chi connectivity index (χ0) is 51.5. The van der Waals surface area contributed by atoms with Gasteiger partial charge < -0.3 is 29.8 Å². The van der Waals surface area contributed by atoms with E-state index in [0.717, 1.165) is 37.3 Å². The van der Waals surface area contributed by atoms with Crippen molar-refractivity contribution in [3.8, 4) is 10.4 Å². The molecule has 9 rings (SSSR count). The number of benzene rings is 4. The molecule has 2 N–H and O–H groups in total. The van der Waals surface area contributed by atoms with Crippen molar-refractivity contribution in [3.63, 3.8) is 0 Å². The molecular formula is C56H61BrFN5O8S. The summed E-state index contributed by atoms with van der Waals surface area (Å²) in [5, 5.41) is 20.8. The molecule has 0 unspecified atom stereocenters. The number of β-amino-alcohol motifs (C(OH)–C–C–N with tert-alkyl or cyclic N) is 2. The maximum absolute atomic E-state index is 13.8. The molecule has 2 fully saturated rings. The number of fused-ring (bicyclic) bond motifs is 2. The fraction of sp³-hybridized carbons (Fsp3) is 0.411. The highest BCUT2D eigenvalue weighted by Crippen LogP contribution is 2.34. The van der Waals surface area contributed by atoms with Crippen LogP contribution in [0.4, 0.5) is 4.39 Å². The standard InChI is InChI=1S/C30H32FN3O4S.C26H29BrN2O4/c1-17(2)27(34-14-21-12-22(31)9-10-24(21)29(34)37)30(38)33-15-23(35)13-25(33)26(36)11-6-19-4-7-20(8-5-19)28-18(3)32-16-39-28;1-16(2)24(29-14-18-5-3-4-6-21(18)25(29)32)26(33)28-15-20(30)13-22(28)23(31)12-9-17-7-10-19(27)11-8-17/h4-5,7-10,12,16-17,23,25,27,35H,6,11,13-15H2,1-3H3;3-8,10-11,16,20,22,24,30H,9,12-15H2,1-2H3/t23-,25+,27+;20-,22+,24+/m11/s1. The highest BCUT2D eigenvalue weighted by atomic mass is 79.9. The molecule has 0 spiro atoms. The molecule has 72 heavy (non-hydrogen) atoms. The molecular weight excluding hydrogens is 1000 g/mol. The van der Waals surface area contributed by atoms with Gasteiger partial charge in [0.1, 0.15) is 17.9 Å². The maximum Gasteiger partial charge on any atom is 0.255 e. The van der Waals surface area contributed by atoms with Crippen LogP contribution in [0.15, 0.2) is 101 Å². The van der Waals surface area contributed by atoms with Gasteiger partial charge in [-0.2, -0.15) is 0 Å². The number of Topliss-reactive ketones (excluding diaryl/α,β-unsaturated/α-hetero) is 2. The van der Waals surface area contributed by atoms with Gasteiger partial charge in [-0.3, -0.25) is 28.8 Å². The van der Waals surface area contributed by atoms with Crippen molar-refractivity contribution in [2.75, 3.05) is 13.1 Å². The Kier molecular flexibility index (Phi) is 16.3. The number of halogens is 2. The second-order valence-corrected chi connectivity index (χ2v) is 21.8. The first-order valence-corrected chi connectivity index (χ1v) is 26.3. The summed E-state index contributed by atoms with van der Waals surface area (Å²) in [6.45, 7) is 10.2. The number of hydrogen-bond acceptors (Lipinski definition) is 10. The lowest BCUT2D eigenvalue weighted by molar-refractivity contribution is -0.143. The van der Waals surface area contributed by atoms with Crippen LogP contribution in [-0.2, 0) is 45.1 Å². The van der Waals surface area contributed by atoms with Crippen molar-refractivity contribution >= 4 is 62.5 Å². The van der Waals surface area contributed by atoms with Crippen molar-refractivity contribution in [2.45, 2.75) is 123 Å². The molecule has 2 saturated heterocycles. The zero-order valence-corrected chi connectivity index (χ0v) is 43.6. The highest BCUT2D eigenvalue weighted by molar-refractivity contribution is 9.10. The van der Waals surface area contributed by atoms with Crippen LogP contribution in [-0.4, -0.2) is 119 Å². The van der Waals surface area contributed by atoms with Gasteiger partial charge in [-0.15, -0.1) is 11.3 Å². The largest absolute Gasteiger partial charge is 0.391 e. The summed E-state index contributed by atoms with van der Waals surface area (Å²) in [6, 6.07) is 24.4. The maximum atomic E-state index is 13.8. The Bertz CT molecular complexity index is 2840. The molecule has 5 heterocycles. The number of thiazole rings is 1. The van der Waals surface area contributed by atoms with Crippen LogP contribution in [0, 0.1) is 24.6 Å². The summed E-state index contributed by atoms with van der Waals surface area (Å²) < 4.78 is 14.8. The van der Waals surface area contributed by atoms with E-state index < -0.39 is 42.2 Å². The molecule has 0 bridgehead atoms. The Labute approximate surface area is 432 Å². The van der Waals surface area contributed by atoms with Crippen LogP contribution < -0.4 is 0 Å². The molecule has 16 heteroatoms. The van der Waals surface area contributed by atoms with Crippen molar-refractivity contribution in [1.82, 2.24) is 24.6 Å². The number of hydrogen-bond donors (Lipinski definition) is 2. The van der Waals surface area contributed by atoms with E-state index in [1.165, 1.54) is 32.9 Å². The van der Waals surface area contributed by atoms with Gasteiger partial charge in [0, 0.05) is 67.5 Å². The molecule has 4 amide bonds. The van der Waals surface area contributed by atoms with Crippen molar-refractivity contribution < 1.29 is 43.4 Å². The Balaban J connectivity index is 0.000000195. The number of aliphatic hydroxyl groups excluding tert-OH is 2. The van der Waals surface area contributed by atoms with E-state index in [0.29, 0.717) is 42.5 Å². The summed E-state index contributed by atoms with van der Waals surface area (Å²) in [5.74, 6) is -2.06. The number of aromatic nitrogens is 1. The molecule has 0 radical (unpaired) electrons. The first kappa shape index (κ1) is 52.4. The predicted molar refractivity (Wildman–Crippen MR) is 275 cm³/mol. The highest BCUT2D eigenvalue weighted by Gasteiger charge is 2.47.